The summed E-state index contributed by atoms with van der Waals surface area (Å²) in [6.07, 6.45) is 10.8. The Labute approximate surface area is 207 Å². The van der Waals surface area contributed by atoms with Gasteiger partial charge in [-0.2, -0.15) is 10.4 Å². The number of hydrogen-bond acceptors (Lipinski definition) is 7. The quantitative estimate of drug-likeness (QED) is 0.553. The number of hydrogen-bond donors (Lipinski definition) is 1. The van der Waals surface area contributed by atoms with Crippen molar-refractivity contribution in [3.8, 4) is 17.3 Å². The SMILES string of the molecule is CS(=O)(=O)c1ccc(C2(c3c[nH]nc3-c3ccc(C#N)cc3)CN=C3C=CC=CN32)s1.Cl.Cl. The number of halogens is 2. The van der Waals surface area contributed by atoms with Crippen molar-refractivity contribution >= 4 is 51.8 Å². The van der Waals surface area contributed by atoms with Gasteiger partial charge >= 0.3 is 0 Å². The molecule has 0 radical (unpaired) electrons. The van der Waals surface area contributed by atoms with Crippen molar-refractivity contribution in [2.75, 3.05) is 12.8 Å². The number of nitriles is 1. The first-order valence-corrected chi connectivity index (χ1v) is 12.2. The van der Waals surface area contributed by atoms with Crippen molar-refractivity contribution in [2.24, 2.45) is 4.99 Å². The molecule has 1 unspecified atom stereocenters. The molecule has 0 bridgehead atoms. The highest BCUT2D eigenvalue weighted by Crippen LogP contribution is 2.47. The van der Waals surface area contributed by atoms with Gasteiger partial charge in [0, 0.05) is 34.7 Å². The predicted octanol–water partition coefficient (Wildman–Crippen LogP) is 4.30. The summed E-state index contributed by atoms with van der Waals surface area (Å²) in [6, 6.07) is 12.9. The maximum atomic E-state index is 12.2. The predicted molar refractivity (Wildman–Crippen MR) is 134 cm³/mol. The van der Waals surface area contributed by atoms with E-state index < -0.39 is 15.4 Å². The highest BCUT2D eigenvalue weighted by molar-refractivity contribution is 7.92. The van der Waals surface area contributed by atoms with E-state index in [1.807, 2.05) is 48.8 Å². The number of amidine groups is 1. The number of nitrogens with zero attached hydrogens (tertiary/aromatic N) is 4. The summed E-state index contributed by atoms with van der Waals surface area (Å²) in [5, 5.41) is 16.6. The van der Waals surface area contributed by atoms with Crippen LogP contribution in [0.3, 0.4) is 0 Å². The van der Waals surface area contributed by atoms with E-state index in [0.29, 0.717) is 16.3 Å². The van der Waals surface area contributed by atoms with Crippen LogP contribution in [0.15, 0.2) is 76.2 Å². The van der Waals surface area contributed by atoms with Crippen molar-refractivity contribution < 1.29 is 8.42 Å². The molecular formula is C22H19Cl2N5O2S2. The van der Waals surface area contributed by atoms with Gasteiger partial charge in [-0.3, -0.25) is 10.1 Å². The first-order valence-electron chi connectivity index (χ1n) is 9.47. The van der Waals surface area contributed by atoms with E-state index in [4.69, 9.17) is 10.3 Å². The van der Waals surface area contributed by atoms with Crippen molar-refractivity contribution in [1.82, 2.24) is 15.1 Å². The normalized spacial score (nSPS) is 18.7. The molecule has 0 saturated carbocycles. The smallest absolute Gasteiger partial charge is 0.184 e. The lowest BCUT2D eigenvalue weighted by molar-refractivity contribution is 0.337. The van der Waals surface area contributed by atoms with Crippen LogP contribution in [0.4, 0.5) is 0 Å². The van der Waals surface area contributed by atoms with Gasteiger partial charge in [0.1, 0.15) is 15.6 Å². The second kappa shape index (κ2) is 9.15. The van der Waals surface area contributed by atoms with Gasteiger partial charge in [0.25, 0.3) is 0 Å². The van der Waals surface area contributed by atoms with Gasteiger partial charge in [0.2, 0.25) is 0 Å². The van der Waals surface area contributed by atoms with E-state index >= 15 is 0 Å². The monoisotopic (exact) mass is 519 g/mol. The molecule has 7 nitrogen and oxygen atoms in total. The van der Waals surface area contributed by atoms with Gasteiger partial charge < -0.3 is 4.90 Å². The number of thiophene rings is 1. The number of nitrogens with one attached hydrogen (secondary N) is 1. The number of aliphatic imine (C=N–C) groups is 1. The number of allylic oxidation sites excluding steroid dienone is 2. The Hall–Kier alpha value is -2.90. The van der Waals surface area contributed by atoms with Crippen LogP contribution in [0.1, 0.15) is 16.0 Å². The van der Waals surface area contributed by atoms with Crippen molar-refractivity contribution in [1.29, 1.82) is 5.26 Å². The summed E-state index contributed by atoms with van der Waals surface area (Å²) in [6.45, 7) is 0.420. The molecule has 2 aromatic heterocycles. The Morgan fingerprint density at radius 2 is 1.91 bits per heavy atom. The van der Waals surface area contributed by atoms with Crippen LogP contribution in [0.2, 0.25) is 0 Å². The molecule has 5 rings (SSSR count). The highest BCUT2D eigenvalue weighted by atomic mass is 35.5. The van der Waals surface area contributed by atoms with Gasteiger partial charge in [-0.25, -0.2) is 8.42 Å². The summed E-state index contributed by atoms with van der Waals surface area (Å²) < 4.78 is 24.7. The molecular weight excluding hydrogens is 501 g/mol. The van der Waals surface area contributed by atoms with Crippen LogP contribution in [0.5, 0.6) is 0 Å². The van der Waals surface area contributed by atoms with E-state index in [1.165, 1.54) is 17.6 Å². The van der Waals surface area contributed by atoms with Crippen molar-refractivity contribution in [3.63, 3.8) is 0 Å². The molecule has 1 N–H and O–H groups in total. The number of benzene rings is 1. The standard InChI is InChI=1S/C22H17N5O2S2.2ClH/c1-31(28,29)20-10-9-18(30-20)22(14-24-19-4-2-3-11-27(19)22)17-13-25-26-21(17)16-7-5-15(12-23)6-8-16;;/h2-11,13H,14H2,1H3,(H,25,26);2*1H. The molecule has 0 saturated heterocycles. The molecule has 0 spiro atoms. The van der Waals surface area contributed by atoms with Crippen LogP contribution in [-0.4, -0.2) is 42.2 Å². The van der Waals surface area contributed by atoms with E-state index in [1.54, 1.807) is 18.2 Å². The highest BCUT2D eigenvalue weighted by Gasteiger charge is 2.48. The summed E-state index contributed by atoms with van der Waals surface area (Å²) in [5.74, 6) is 0.809. The maximum absolute atomic E-state index is 12.2. The summed E-state index contributed by atoms with van der Waals surface area (Å²) >= 11 is 1.25. The Balaban J connectivity index is 0.00000153. The van der Waals surface area contributed by atoms with Crippen LogP contribution in [-0.2, 0) is 15.4 Å². The number of aromatic nitrogens is 2. The van der Waals surface area contributed by atoms with Gasteiger partial charge in [0.05, 0.1) is 23.9 Å². The molecule has 2 aliphatic rings. The molecule has 3 aromatic rings. The fourth-order valence-electron chi connectivity index (χ4n) is 3.97. The number of aromatic amines is 1. The summed E-state index contributed by atoms with van der Waals surface area (Å²) in [4.78, 5) is 7.69. The van der Waals surface area contributed by atoms with Gasteiger partial charge in [-0.15, -0.1) is 36.2 Å². The Kier molecular flexibility index (Phi) is 6.86. The average Bonchev–Trinajstić information content (AvgIpc) is 3.51. The molecule has 2 aliphatic heterocycles. The fraction of sp³-hybridized carbons (Fsp3) is 0.136. The molecule has 1 aromatic carbocycles. The van der Waals surface area contributed by atoms with Gasteiger partial charge in [-0.1, -0.05) is 18.2 Å². The largest absolute Gasteiger partial charge is 0.316 e. The van der Waals surface area contributed by atoms with Crippen molar-refractivity contribution in [3.05, 3.63) is 83.0 Å². The molecule has 11 heteroatoms. The zero-order valence-electron chi connectivity index (χ0n) is 17.3. The Morgan fingerprint density at radius 1 is 1.15 bits per heavy atom. The third-order valence-corrected chi connectivity index (χ3v) is 8.50. The van der Waals surface area contributed by atoms with Gasteiger partial charge in [-0.05, 0) is 36.4 Å². The number of sulfone groups is 1. The lowest BCUT2D eigenvalue weighted by Gasteiger charge is -2.37. The number of H-pyrrole nitrogens is 1. The minimum Gasteiger partial charge on any atom is -0.316 e. The molecule has 0 amide bonds. The van der Waals surface area contributed by atoms with E-state index in [-0.39, 0.29) is 24.8 Å². The zero-order chi connectivity index (χ0) is 21.6. The van der Waals surface area contributed by atoms with Crippen LogP contribution in [0.25, 0.3) is 11.3 Å². The second-order valence-electron chi connectivity index (χ2n) is 7.33. The van der Waals surface area contributed by atoms with Crippen molar-refractivity contribution in [2.45, 2.75) is 9.75 Å². The first kappa shape index (κ1) is 24.7. The van der Waals surface area contributed by atoms with Gasteiger partial charge in [0.15, 0.2) is 9.84 Å². The average molecular weight is 520 g/mol. The van der Waals surface area contributed by atoms with E-state index in [2.05, 4.69) is 21.2 Å². The van der Waals surface area contributed by atoms with Crippen LogP contribution in [0, 0.1) is 11.3 Å². The molecule has 4 heterocycles. The zero-order valence-corrected chi connectivity index (χ0v) is 20.6. The minimum atomic E-state index is -3.33. The lowest BCUT2D eigenvalue weighted by Crippen LogP contribution is -2.44. The lowest BCUT2D eigenvalue weighted by atomic mass is 9.85. The summed E-state index contributed by atoms with van der Waals surface area (Å²) in [5.41, 5.74) is 2.32. The first-order chi connectivity index (χ1) is 14.9. The third kappa shape index (κ3) is 4.00. The molecule has 33 heavy (non-hydrogen) atoms. The molecule has 0 aliphatic carbocycles. The fourth-order valence-corrected chi connectivity index (χ4v) is 6.09. The Morgan fingerprint density at radius 3 is 2.58 bits per heavy atom. The molecule has 0 fully saturated rings. The van der Waals surface area contributed by atoms with E-state index in [9.17, 15) is 8.42 Å². The molecule has 170 valence electrons. The summed E-state index contributed by atoms with van der Waals surface area (Å²) in [7, 11) is -3.33. The van der Waals surface area contributed by atoms with E-state index in [0.717, 1.165) is 27.5 Å². The van der Waals surface area contributed by atoms with Crippen LogP contribution < -0.4 is 0 Å². The Bertz CT molecular complexity index is 1420. The van der Waals surface area contributed by atoms with Crippen LogP contribution >= 0.6 is 36.2 Å². The third-order valence-electron chi connectivity index (χ3n) is 5.45. The number of fused-ring (bicyclic) bond motifs is 1. The molecule has 1 atom stereocenters. The topological polar surface area (TPSA) is 102 Å². The maximum Gasteiger partial charge on any atom is 0.184 e. The minimum absolute atomic E-state index is 0. The second-order valence-corrected chi connectivity index (χ2v) is 10.7. The number of rotatable bonds is 4.